The van der Waals surface area contributed by atoms with E-state index in [0.717, 1.165) is 19.5 Å². The van der Waals surface area contributed by atoms with Gasteiger partial charge >= 0.3 is 0 Å². The van der Waals surface area contributed by atoms with Crippen molar-refractivity contribution in [3.63, 3.8) is 0 Å². The Morgan fingerprint density at radius 2 is 1.96 bits per heavy atom. The lowest BCUT2D eigenvalue weighted by Gasteiger charge is -2.28. The van der Waals surface area contributed by atoms with E-state index in [4.69, 9.17) is 0 Å². The normalized spacial score (nSPS) is 12.9. The molecule has 3 heterocycles. The molecule has 6 heteroatoms. The average molecular weight is 344 g/mol. The van der Waals surface area contributed by atoms with Gasteiger partial charge in [0, 0.05) is 30.5 Å². The Morgan fingerprint density at radius 1 is 1.21 bits per heavy atom. The van der Waals surface area contributed by atoms with Crippen LogP contribution in [0.1, 0.15) is 42.8 Å². The maximum atomic E-state index is 3.93. The van der Waals surface area contributed by atoms with Crippen molar-refractivity contribution in [1.29, 1.82) is 0 Å². The van der Waals surface area contributed by atoms with Crippen molar-refractivity contribution in [2.45, 2.75) is 53.2 Å². The molecule has 0 radical (unpaired) electrons. The largest absolute Gasteiger partial charge is 0.292 e. The second-order valence-electron chi connectivity index (χ2n) is 6.34. The number of hydrogen-bond acceptors (Lipinski definition) is 4. The second kappa shape index (κ2) is 7.32. The number of nitrogens with zero attached hydrogens (tertiary/aromatic N) is 5. The summed E-state index contributed by atoms with van der Waals surface area (Å²) in [6.07, 6.45) is 4.62. The summed E-state index contributed by atoms with van der Waals surface area (Å²) in [5.41, 5.74) is 5.19. The van der Waals surface area contributed by atoms with Crippen LogP contribution in [0.25, 0.3) is 0 Å². The van der Waals surface area contributed by atoms with E-state index in [1.54, 1.807) is 24.0 Å². The van der Waals surface area contributed by atoms with Gasteiger partial charge in [0.25, 0.3) is 0 Å². The summed E-state index contributed by atoms with van der Waals surface area (Å²) >= 11 is 1.77. The zero-order chi connectivity index (χ0) is 17.1. The Labute approximate surface area is 147 Å². The van der Waals surface area contributed by atoms with Crippen molar-refractivity contribution in [3.05, 3.63) is 58.1 Å². The van der Waals surface area contributed by atoms with Gasteiger partial charge < -0.3 is 0 Å². The van der Waals surface area contributed by atoms with Crippen molar-refractivity contribution in [1.82, 2.24) is 24.4 Å². The van der Waals surface area contributed by atoms with Gasteiger partial charge in [-0.25, -0.2) is 4.68 Å². The Bertz CT molecular complexity index is 758. The van der Waals surface area contributed by atoms with Gasteiger partial charge in [0.15, 0.2) is 0 Å². The standard InChI is InChI=1S/C18H25N5S/c1-5-14(2)21(9-17-6-7-24-11-17)10-18-8-15(3)23(16(18)4)22-12-19-20-13-22/h6-8,11-14H,5,9-10H2,1-4H3/t14-/m0/s1. The van der Waals surface area contributed by atoms with Crippen LogP contribution in [0.15, 0.2) is 35.5 Å². The summed E-state index contributed by atoms with van der Waals surface area (Å²) < 4.78 is 4.09. The first-order valence-electron chi connectivity index (χ1n) is 8.38. The minimum Gasteiger partial charge on any atom is -0.292 e. The molecular weight excluding hydrogens is 318 g/mol. The summed E-state index contributed by atoms with van der Waals surface area (Å²) in [4.78, 5) is 2.56. The monoisotopic (exact) mass is 343 g/mol. The Balaban J connectivity index is 1.86. The molecule has 0 saturated carbocycles. The molecule has 0 aromatic carbocycles. The maximum absolute atomic E-state index is 3.93. The minimum atomic E-state index is 0.544. The molecule has 0 N–H and O–H groups in total. The topological polar surface area (TPSA) is 38.9 Å². The maximum Gasteiger partial charge on any atom is 0.139 e. The highest BCUT2D eigenvalue weighted by molar-refractivity contribution is 7.07. The molecule has 3 aromatic heterocycles. The van der Waals surface area contributed by atoms with E-state index in [0.29, 0.717) is 6.04 Å². The first-order valence-corrected chi connectivity index (χ1v) is 9.32. The van der Waals surface area contributed by atoms with Gasteiger partial charge in [0.1, 0.15) is 12.7 Å². The smallest absolute Gasteiger partial charge is 0.139 e. The summed E-state index contributed by atoms with van der Waals surface area (Å²) in [6, 6.07) is 5.04. The number of thiophene rings is 1. The summed E-state index contributed by atoms with van der Waals surface area (Å²) in [5.74, 6) is 0. The van der Waals surface area contributed by atoms with Crippen LogP contribution in [0, 0.1) is 13.8 Å². The number of rotatable bonds is 7. The van der Waals surface area contributed by atoms with Gasteiger partial charge in [-0.05, 0) is 61.2 Å². The van der Waals surface area contributed by atoms with Gasteiger partial charge in [0.05, 0.1) is 0 Å². The molecule has 0 fully saturated rings. The third kappa shape index (κ3) is 3.44. The van der Waals surface area contributed by atoms with Gasteiger partial charge in [0.2, 0.25) is 0 Å². The SMILES string of the molecule is CC[C@H](C)N(Cc1ccsc1)Cc1cc(C)n(-n2cnnc2)c1C. The first-order chi connectivity index (χ1) is 11.6. The molecule has 1 atom stereocenters. The summed E-state index contributed by atoms with van der Waals surface area (Å²) in [5, 5.41) is 12.3. The third-order valence-corrected chi connectivity index (χ3v) is 5.42. The lowest BCUT2D eigenvalue weighted by Crippen LogP contribution is -2.31. The van der Waals surface area contributed by atoms with E-state index >= 15 is 0 Å². The number of aryl methyl sites for hydroxylation is 1. The molecule has 128 valence electrons. The molecule has 0 aliphatic carbocycles. The van der Waals surface area contributed by atoms with Crippen LogP contribution >= 0.6 is 11.3 Å². The third-order valence-electron chi connectivity index (χ3n) is 4.69. The highest BCUT2D eigenvalue weighted by Gasteiger charge is 2.18. The average Bonchev–Trinajstić information content (AvgIpc) is 3.29. The number of hydrogen-bond donors (Lipinski definition) is 0. The van der Waals surface area contributed by atoms with Crippen molar-refractivity contribution < 1.29 is 0 Å². The van der Waals surface area contributed by atoms with Gasteiger partial charge in [-0.15, -0.1) is 10.2 Å². The summed E-state index contributed by atoms with van der Waals surface area (Å²) in [7, 11) is 0. The lowest BCUT2D eigenvalue weighted by atomic mass is 10.1. The molecule has 0 bridgehead atoms. The van der Waals surface area contributed by atoms with E-state index in [2.05, 4.69) is 70.4 Å². The lowest BCUT2D eigenvalue weighted by molar-refractivity contribution is 0.186. The van der Waals surface area contributed by atoms with Crippen molar-refractivity contribution in [3.8, 4) is 0 Å². The fourth-order valence-electron chi connectivity index (χ4n) is 3.09. The van der Waals surface area contributed by atoms with Crippen LogP contribution in [0.2, 0.25) is 0 Å². The molecule has 0 aliphatic heterocycles. The Morgan fingerprint density at radius 3 is 2.58 bits per heavy atom. The molecule has 3 aromatic rings. The Hall–Kier alpha value is -1.92. The zero-order valence-electron chi connectivity index (χ0n) is 14.8. The van der Waals surface area contributed by atoms with Gasteiger partial charge in [-0.3, -0.25) is 9.58 Å². The molecule has 5 nitrogen and oxygen atoms in total. The fraction of sp³-hybridized carbons (Fsp3) is 0.444. The van der Waals surface area contributed by atoms with E-state index in [9.17, 15) is 0 Å². The highest BCUT2D eigenvalue weighted by atomic mass is 32.1. The van der Waals surface area contributed by atoms with Crippen LogP contribution < -0.4 is 0 Å². The zero-order valence-corrected chi connectivity index (χ0v) is 15.6. The molecule has 0 amide bonds. The predicted molar refractivity (Wildman–Crippen MR) is 98.0 cm³/mol. The Kier molecular flexibility index (Phi) is 5.16. The van der Waals surface area contributed by atoms with E-state index < -0.39 is 0 Å². The highest BCUT2D eigenvalue weighted by Crippen LogP contribution is 2.21. The van der Waals surface area contributed by atoms with Gasteiger partial charge in [-0.1, -0.05) is 6.92 Å². The van der Waals surface area contributed by atoms with E-state index in [-0.39, 0.29) is 0 Å². The van der Waals surface area contributed by atoms with Gasteiger partial charge in [-0.2, -0.15) is 11.3 Å². The number of aromatic nitrogens is 4. The van der Waals surface area contributed by atoms with E-state index in [1.807, 2.05) is 4.68 Å². The van der Waals surface area contributed by atoms with Crippen molar-refractivity contribution in [2.75, 3.05) is 0 Å². The van der Waals surface area contributed by atoms with Crippen LogP contribution in [0.4, 0.5) is 0 Å². The van der Waals surface area contributed by atoms with Crippen molar-refractivity contribution >= 4 is 11.3 Å². The molecule has 0 aliphatic rings. The molecule has 0 saturated heterocycles. The van der Waals surface area contributed by atoms with Crippen LogP contribution in [0.3, 0.4) is 0 Å². The summed E-state index contributed by atoms with van der Waals surface area (Å²) in [6.45, 7) is 10.8. The van der Waals surface area contributed by atoms with Crippen molar-refractivity contribution in [2.24, 2.45) is 0 Å². The molecule has 0 spiro atoms. The van der Waals surface area contributed by atoms with Crippen LogP contribution in [-0.4, -0.2) is 30.5 Å². The van der Waals surface area contributed by atoms with Crippen LogP contribution in [0.5, 0.6) is 0 Å². The molecule has 0 unspecified atom stereocenters. The first kappa shape index (κ1) is 16.9. The molecular formula is C18H25N5S. The molecule has 3 rings (SSSR count). The minimum absolute atomic E-state index is 0.544. The van der Waals surface area contributed by atoms with E-state index in [1.165, 1.54) is 22.5 Å². The second-order valence-corrected chi connectivity index (χ2v) is 7.12. The fourth-order valence-corrected chi connectivity index (χ4v) is 3.75. The van der Waals surface area contributed by atoms with Crippen LogP contribution in [-0.2, 0) is 13.1 Å². The molecule has 24 heavy (non-hydrogen) atoms. The quantitative estimate of drug-likeness (QED) is 0.654. The predicted octanol–water partition coefficient (Wildman–Crippen LogP) is 3.87.